The standard InChI is InChI=1S/C20H19ClN2O4/c1-2-23(11-15-12-25-18-5-3-4-6-19(18)27-15)20(24)13-26-17-8-7-14(10-22)9-16(17)21/h3-9,15H,2,11-13H2,1H3/t15-/m0/s1. The number of halogens is 1. The van der Waals surface area contributed by atoms with Gasteiger partial charge in [0.15, 0.2) is 24.2 Å². The molecule has 1 heterocycles. The topological polar surface area (TPSA) is 71.8 Å². The van der Waals surface area contributed by atoms with Crippen molar-refractivity contribution < 1.29 is 19.0 Å². The molecule has 0 saturated carbocycles. The lowest BCUT2D eigenvalue weighted by molar-refractivity contribution is -0.134. The molecule has 1 atom stereocenters. The first-order valence-corrected chi connectivity index (χ1v) is 8.97. The van der Waals surface area contributed by atoms with Crippen LogP contribution in [0.25, 0.3) is 0 Å². The van der Waals surface area contributed by atoms with Crippen molar-refractivity contribution in [3.63, 3.8) is 0 Å². The maximum atomic E-state index is 12.5. The smallest absolute Gasteiger partial charge is 0.260 e. The highest BCUT2D eigenvalue weighted by molar-refractivity contribution is 6.32. The van der Waals surface area contributed by atoms with Gasteiger partial charge in [0.2, 0.25) is 0 Å². The number of ether oxygens (including phenoxy) is 3. The summed E-state index contributed by atoms with van der Waals surface area (Å²) in [5.74, 6) is 1.58. The van der Waals surface area contributed by atoms with Crippen LogP contribution >= 0.6 is 11.6 Å². The molecule has 1 amide bonds. The Balaban J connectivity index is 1.56. The Morgan fingerprint density at radius 1 is 1.33 bits per heavy atom. The Morgan fingerprint density at radius 3 is 2.81 bits per heavy atom. The van der Waals surface area contributed by atoms with E-state index in [0.717, 1.165) is 0 Å². The molecule has 1 aliphatic heterocycles. The molecule has 7 heteroatoms. The number of fused-ring (bicyclic) bond motifs is 1. The number of benzene rings is 2. The van der Waals surface area contributed by atoms with Crippen LogP contribution in [0.3, 0.4) is 0 Å². The van der Waals surface area contributed by atoms with Crippen LogP contribution in [0, 0.1) is 11.3 Å². The maximum Gasteiger partial charge on any atom is 0.260 e. The summed E-state index contributed by atoms with van der Waals surface area (Å²) in [5.41, 5.74) is 0.434. The molecule has 27 heavy (non-hydrogen) atoms. The fourth-order valence-corrected chi connectivity index (χ4v) is 2.96. The van der Waals surface area contributed by atoms with E-state index in [0.29, 0.717) is 47.5 Å². The molecule has 0 aliphatic carbocycles. The molecule has 1 aliphatic rings. The van der Waals surface area contributed by atoms with Crippen molar-refractivity contribution in [2.75, 3.05) is 26.3 Å². The molecule has 0 aromatic heterocycles. The fourth-order valence-electron chi connectivity index (χ4n) is 2.72. The van der Waals surface area contributed by atoms with Crippen molar-refractivity contribution in [2.24, 2.45) is 0 Å². The molecule has 6 nitrogen and oxygen atoms in total. The van der Waals surface area contributed by atoms with E-state index < -0.39 is 0 Å². The predicted molar refractivity (Wildman–Crippen MR) is 100 cm³/mol. The quantitative estimate of drug-likeness (QED) is 0.761. The third-order valence-electron chi connectivity index (χ3n) is 4.14. The van der Waals surface area contributed by atoms with Crippen LogP contribution in [0.4, 0.5) is 0 Å². The van der Waals surface area contributed by atoms with Gasteiger partial charge in [-0.2, -0.15) is 5.26 Å². The third kappa shape index (κ3) is 4.63. The Hall–Kier alpha value is -2.91. The van der Waals surface area contributed by atoms with E-state index in [1.165, 1.54) is 6.07 Å². The van der Waals surface area contributed by atoms with E-state index >= 15 is 0 Å². The molecule has 0 radical (unpaired) electrons. The lowest BCUT2D eigenvalue weighted by atomic mass is 10.2. The highest BCUT2D eigenvalue weighted by Gasteiger charge is 2.25. The maximum absolute atomic E-state index is 12.5. The van der Waals surface area contributed by atoms with Crippen molar-refractivity contribution in [1.82, 2.24) is 4.90 Å². The summed E-state index contributed by atoms with van der Waals surface area (Å²) in [6, 6.07) is 14.1. The molecule has 0 spiro atoms. The number of nitriles is 1. The molecular weight excluding hydrogens is 368 g/mol. The largest absolute Gasteiger partial charge is 0.486 e. The van der Waals surface area contributed by atoms with Gasteiger partial charge in [0.25, 0.3) is 5.91 Å². The third-order valence-corrected chi connectivity index (χ3v) is 4.43. The number of nitrogens with zero attached hydrogens (tertiary/aromatic N) is 2. The van der Waals surface area contributed by atoms with Crippen LogP contribution in [0.5, 0.6) is 17.2 Å². The van der Waals surface area contributed by atoms with E-state index in [1.54, 1.807) is 17.0 Å². The van der Waals surface area contributed by atoms with Crippen LogP contribution in [-0.2, 0) is 4.79 Å². The van der Waals surface area contributed by atoms with Gasteiger partial charge in [0.1, 0.15) is 12.4 Å². The zero-order valence-electron chi connectivity index (χ0n) is 14.9. The van der Waals surface area contributed by atoms with Gasteiger partial charge in [-0.3, -0.25) is 4.79 Å². The minimum atomic E-state index is -0.248. The highest BCUT2D eigenvalue weighted by Crippen LogP contribution is 2.31. The number of hydrogen-bond donors (Lipinski definition) is 0. The van der Waals surface area contributed by atoms with Crippen molar-refractivity contribution in [3.8, 4) is 23.3 Å². The van der Waals surface area contributed by atoms with Crippen molar-refractivity contribution >= 4 is 17.5 Å². The summed E-state index contributed by atoms with van der Waals surface area (Å²) in [6.07, 6.45) is -0.248. The summed E-state index contributed by atoms with van der Waals surface area (Å²) < 4.78 is 17.1. The SMILES string of the molecule is CCN(C[C@H]1COc2ccccc2O1)C(=O)COc1ccc(C#N)cc1Cl. The van der Waals surface area contributed by atoms with Gasteiger partial charge in [-0.1, -0.05) is 23.7 Å². The number of carbonyl (C=O) groups is 1. The lowest BCUT2D eigenvalue weighted by Gasteiger charge is -2.30. The minimum Gasteiger partial charge on any atom is -0.486 e. The van der Waals surface area contributed by atoms with Crippen molar-refractivity contribution in [2.45, 2.75) is 13.0 Å². The second-order valence-electron chi connectivity index (χ2n) is 5.98. The normalized spacial score (nSPS) is 14.9. The van der Waals surface area contributed by atoms with Gasteiger partial charge in [0, 0.05) is 6.54 Å². The van der Waals surface area contributed by atoms with E-state index in [4.69, 9.17) is 31.1 Å². The number of likely N-dealkylation sites (N-methyl/N-ethyl adjacent to an activating group) is 1. The molecule has 0 bridgehead atoms. The monoisotopic (exact) mass is 386 g/mol. The number of amides is 1. The van der Waals surface area contributed by atoms with Gasteiger partial charge in [-0.15, -0.1) is 0 Å². The highest BCUT2D eigenvalue weighted by atomic mass is 35.5. The van der Waals surface area contributed by atoms with Crippen LogP contribution in [0.2, 0.25) is 5.02 Å². The number of carbonyl (C=O) groups excluding carboxylic acids is 1. The summed E-state index contributed by atoms with van der Waals surface area (Å²) in [4.78, 5) is 14.2. The molecule has 0 unspecified atom stereocenters. The zero-order chi connectivity index (χ0) is 19.2. The Kier molecular flexibility index (Phi) is 6.05. The molecule has 0 N–H and O–H groups in total. The lowest BCUT2D eigenvalue weighted by Crippen LogP contribution is -2.45. The molecule has 140 valence electrons. The Morgan fingerprint density at radius 2 is 2.11 bits per heavy atom. The summed E-state index contributed by atoms with van der Waals surface area (Å²) in [6.45, 7) is 3.04. The van der Waals surface area contributed by atoms with Gasteiger partial charge in [0.05, 0.1) is 23.2 Å². The van der Waals surface area contributed by atoms with Gasteiger partial charge in [-0.05, 0) is 37.3 Å². The number of rotatable bonds is 6. The first-order valence-electron chi connectivity index (χ1n) is 8.59. The number of hydrogen-bond acceptors (Lipinski definition) is 5. The van der Waals surface area contributed by atoms with E-state index in [2.05, 4.69) is 0 Å². The van der Waals surface area contributed by atoms with Crippen LogP contribution < -0.4 is 14.2 Å². The summed E-state index contributed by atoms with van der Waals surface area (Å²) in [5, 5.41) is 9.16. The van der Waals surface area contributed by atoms with E-state index in [1.807, 2.05) is 37.3 Å². The van der Waals surface area contributed by atoms with Crippen molar-refractivity contribution in [3.05, 3.63) is 53.1 Å². The predicted octanol–water partition coefficient (Wildman–Crippen LogP) is 3.28. The van der Waals surface area contributed by atoms with Crippen molar-refractivity contribution in [1.29, 1.82) is 5.26 Å². The second-order valence-corrected chi connectivity index (χ2v) is 6.38. The average molecular weight is 387 g/mol. The van der Waals surface area contributed by atoms with Crippen LogP contribution in [-0.4, -0.2) is 43.2 Å². The second kappa shape index (κ2) is 8.65. The van der Waals surface area contributed by atoms with E-state index in [-0.39, 0.29) is 18.6 Å². The zero-order valence-corrected chi connectivity index (χ0v) is 15.6. The van der Waals surface area contributed by atoms with Crippen LogP contribution in [0.1, 0.15) is 12.5 Å². The average Bonchev–Trinajstić information content (AvgIpc) is 2.70. The Labute approximate surface area is 162 Å². The molecule has 3 rings (SSSR count). The first kappa shape index (κ1) is 18.9. The van der Waals surface area contributed by atoms with Gasteiger partial charge < -0.3 is 19.1 Å². The Bertz CT molecular complexity index is 865. The number of para-hydroxylation sites is 2. The molecular formula is C20H19ClN2O4. The minimum absolute atomic E-state index is 0.149. The van der Waals surface area contributed by atoms with Crippen LogP contribution in [0.15, 0.2) is 42.5 Å². The van der Waals surface area contributed by atoms with Gasteiger partial charge in [-0.25, -0.2) is 0 Å². The molecule has 2 aromatic carbocycles. The first-order chi connectivity index (χ1) is 13.1. The molecule has 0 saturated heterocycles. The van der Waals surface area contributed by atoms with E-state index in [9.17, 15) is 4.79 Å². The van der Waals surface area contributed by atoms with Gasteiger partial charge >= 0.3 is 0 Å². The molecule has 2 aromatic rings. The summed E-state index contributed by atoms with van der Waals surface area (Å²) in [7, 11) is 0. The summed E-state index contributed by atoms with van der Waals surface area (Å²) >= 11 is 6.07. The molecule has 0 fully saturated rings. The fraction of sp³-hybridized carbons (Fsp3) is 0.300.